The summed E-state index contributed by atoms with van der Waals surface area (Å²) >= 11 is 1.21. The van der Waals surface area contributed by atoms with Crippen LogP contribution in [-0.2, 0) is 4.74 Å². The molecule has 0 radical (unpaired) electrons. The fourth-order valence-electron chi connectivity index (χ4n) is 2.19. The topological polar surface area (TPSA) is 101 Å². The Balaban J connectivity index is 1.90. The van der Waals surface area contributed by atoms with Crippen molar-refractivity contribution in [2.75, 3.05) is 13.2 Å². The minimum Gasteiger partial charge on any atom is -0.476 e. The smallest absolute Gasteiger partial charge is 0.355 e. The summed E-state index contributed by atoms with van der Waals surface area (Å²) in [6.07, 6.45) is 1.79. The number of carboxylic acids is 1. The van der Waals surface area contributed by atoms with Gasteiger partial charge in [-0.05, 0) is 26.7 Å². The van der Waals surface area contributed by atoms with Crippen molar-refractivity contribution >= 4 is 23.3 Å². The molecule has 0 saturated carbocycles. The van der Waals surface area contributed by atoms with Crippen LogP contribution in [0.2, 0.25) is 0 Å². The van der Waals surface area contributed by atoms with Crippen LogP contribution in [0.4, 0.5) is 4.79 Å². The molecule has 1 aromatic heterocycles. The van der Waals surface area contributed by atoms with E-state index in [0.29, 0.717) is 11.6 Å². The number of rotatable bonds is 4. The van der Waals surface area contributed by atoms with Crippen LogP contribution in [0.3, 0.4) is 0 Å². The minimum absolute atomic E-state index is 0.00306. The zero-order chi connectivity index (χ0) is 15.5. The van der Waals surface area contributed by atoms with E-state index in [9.17, 15) is 9.59 Å². The van der Waals surface area contributed by atoms with Crippen LogP contribution in [0.25, 0.3) is 0 Å². The van der Waals surface area contributed by atoms with Crippen LogP contribution in [0.1, 0.15) is 48.2 Å². The Morgan fingerprint density at radius 2 is 2.33 bits per heavy atom. The molecule has 1 saturated heterocycles. The third kappa shape index (κ3) is 4.15. The van der Waals surface area contributed by atoms with E-state index in [-0.39, 0.29) is 23.3 Å². The number of carboxylic acid groups (broad SMARTS) is 1. The van der Waals surface area contributed by atoms with Crippen LogP contribution < -0.4 is 10.6 Å². The van der Waals surface area contributed by atoms with E-state index >= 15 is 0 Å². The Bertz CT molecular complexity index is 525. The van der Waals surface area contributed by atoms with Crippen molar-refractivity contribution in [2.45, 2.75) is 38.3 Å². The van der Waals surface area contributed by atoms with Gasteiger partial charge in [0.1, 0.15) is 5.01 Å². The number of ether oxygens (including phenoxy) is 1. The van der Waals surface area contributed by atoms with Gasteiger partial charge in [-0.2, -0.15) is 0 Å². The van der Waals surface area contributed by atoms with Crippen LogP contribution in [0.15, 0.2) is 5.38 Å². The molecule has 21 heavy (non-hydrogen) atoms. The lowest BCUT2D eigenvalue weighted by Crippen LogP contribution is -2.54. The lowest BCUT2D eigenvalue weighted by Gasteiger charge is -2.34. The SMILES string of the molecule is CC(NC(=O)NC1(C)CCCOC1)c1nc(C(=O)O)cs1. The molecule has 2 rings (SSSR count). The largest absolute Gasteiger partial charge is 0.476 e. The van der Waals surface area contributed by atoms with E-state index in [0.717, 1.165) is 19.4 Å². The zero-order valence-corrected chi connectivity index (χ0v) is 12.8. The van der Waals surface area contributed by atoms with Gasteiger partial charge in [0.25, 0.3) is 0 Å². The molecule has 3 N–H and O–H groups in total. The molecule has 2 atom stereocenters. The molecule has 7 nitrogen and oxygen atoms in total. The van der Waals surface area contributed by atoms with E-state index in [4.69, 9.17) is 9.84 Å². The summed E-state index contributed by atoms with van der Waals surface area (Å²) in [5, 5.41) is 16.5. The summed E-state index contributed by atoms with van der Waals surface area (Å²) in [5.74, 6) is -1.07. The average molecular weight is 313 g/mol. The van der Waals surface area contributed by atoms with E-state index in [1.54, 1.807) is 6.92 Å². The molecule has 1 aliphatic rings. The van der Waals surface area contributed by atoms with Crippen molar-refractivity contribution < 1.29 is 19.4 Å². The van der Waals surface area contributed by atoms with Crippen molar-refractivity contribution in [1.29, 1.82) is 0 Å². The number of nitrogens with one attached hydrogen (secondary N) is 2. The third-order valence-electron chi connectivity index (χ3n) is 3.31. The standard InChI is InChI=1S/C13H19N3O4S/c1-8(10-15-9(6-21-10)11(17)18)14-12(19)16-13(2)4-3-5-20-7-13/h6,8H,3-5,7H2,1-2H3,(H,17,18)(H2,14,16,19). The van der Waals surface area contributed by atoms with Gasteiger partial charge in [-0.25, -0.2) is 14.6 Å². The molecule has 1 aromatic rings. The molecule has 1 aliphatic heterocycles. The first-order valence-corrected chi connectivity index (χ1v) is 7.63. The molecule has 2 unspecified atom stereocenters. The predicted octanol–water partition coefficient (Wildman–Crippen LogP) is 1.77. The molecule has 0 aliphatic carbocycles. The number of aromatic nitrogens is 1. The molecular formula is C13H19N3O4S. The van der Waals surface area contributed by atoms with Crippen LogP contribution in [-0.4, -0.2) is 40.8 Å². The number of carbonyl (C=O) groups excluding carboxylic acids is 1. The van der Waals surface area contributed by atoms with Crippen molar-refractivity contribution in [3.63, 3.8) is 0 Å². The van der Waals surface area contributed by atoms with Crippen molar-refractivity contribution in [3.05, 3.63) is 16.1 Å². The Morgan fingerprint density at radius 1 is 1.57 bits per heavy atom. The van der Waals surface area contributed by atoms with E-state index in [1.807, 2.05) is 6.92 Å². The maximum atomic E-state index is 12.0. The number of hydrogen-bond acceptors (Lipinski definition) is 5. The fourth-order valence-corrected chi connectivity index (χ4v) is 2.99. The summed E-state index contributed by atoms with van der Waals surface area (Å²) in [7, 11) is 0. The van der Waals surface area contributed by atoms with Crippen molar-refractivity contribution in [3.8, 4) is 0 Å². The Labute approximate surface area is 126 Å². The van der Waals surface area contributed by atoms with Gasteiger partial charge in [-0.1, -0.05) is 0 Å². The number of thiazole rings is 1. The minimum atomic E-state index is -1.07. The lowest BCUT2D eigenvalue weighted by atomic mass is 9.95. The fraction of sp³-hybridized carbons (Fsp3) is 0.615. The molecule has 0 bridgehead atoms. The summed E-state index contributed by atoms with van der Waals surface area (Å²) < 4.78 is 5.39. The van der Waals surface area contributed by atoms with E-state index < -0.39 is 5.97 Å². The van der Waals surface area contributed by atoms with Crippen LogP contribution in [0, 0.1) is 0 Å². The first-order chi connectivity index (χ1) is 9.89. The summed E-state index contributed by atoms with van der Waals surface area (Å²) in [6.45, 7) is 4.94. The van der Waals surface area contributed by atoms with Gasteiger partial charge in [0, 0.05) is 12.0 Å². The highest BCUT2D eigenvalue weighted by atomic mass is 32.1. The summed E-state index contributed by atoms with van der Waals surface area (Å²) in [6, 6.07) is -0.654. The van der Waals surface area contributed by atoms with E-state index in [2.05, 4.69) is 15.6 Å². The number of aromatic carboxylic acids is 1. The summed E-state index contributed by atoms with van der Waals surface area (Å²) in [5.41, 5.74) is -0.367. The first kappa shape index (κ1) is 15.7. The quantitative estimate of drug-likeness (QED) is 0.786. The molecule has 1 fully saturated rings. The molecule has 2 amide bonds. The number of amides is 2. The monoisotopic (exact) mass is 313 g/mol. The van der Waals surface area contributed by atoms with Gasteiger partial charge >= 0.3 is 12.0 Å². The Morgan fingerprint density at radius 3 is 2.90 bits per heavy atom. The highest BCUT2D eigenvalue weighted by molar-refractivity contribution is 7.09. The zero-order valence-electron chi connectivity index (χ0n) is 12.0. The van der Waals surface area contributed by atoms with Gasteiger partial charge in [0.2, 0.25) is 0 Å². The third-order valence-corrected chi connectivity index (χ3v) is 4.34. The number of nitrogens with zero attached hydrogens (tertiary/aromatic N) is 1. The number of hydrogen-bond donors (Lipinski definition) is 3. The maximum absolute atomic E-state index is 12.0. The van der Waals surface area contributed by atoms with Crippen molar-refractivity contribution in [1.82, 2.24) is 15.6 Å². The molecule has 2 heterocycles. The molecule has 0 aromatic carbocycles. The lowest BCUT2D eigenvalue weighted by molar-refractivity contribution is 0.0332. The number of urea groups is 1. The van der Waals surface area contributed by atoms with Gasteiger partial charge in [0.05, 0.1) is 18.2 Å². The normalized spacial score (nSPS) is 23.3. The molecule has 0 spiro atoms. The molecular weight excluding hydrogens is 294 g/mol. The summed E-state index contributed by atoms with van der Waals surface area (Å²) in [4.78, 5) is 26.8. The molecule has 116 valence electrons. The van der Waals surface area contributed by atoms with Crippen molar-refractivity contribution in [2.24, 2.45) is 0 Å². The second kappa shape index (κ2) is 6.40. The Kier molecular flexibility index (Phi) is 4.79. The number of carbonyl (C=O) groups is 2. The van der Waals surface area contributed by atoms with Gasteiger partial charge < -0.3 is 20.5 Å². The maximum Gasteiger partial charge on any atom is 0.355 e. The van der Waals surface area contributed by atoms with E-state index in [1.165, 1.54) is 16.7 Å². The van der Waals surface area contributed by atoms with Gasteiger partial charge in [-0.15, -0.1) is 11.3 Å². The van der Waals surface area contributed by atoms with Gasteiger partial charge in [0.15, 0.2) is 5.69 Å². The highest BCUT2D eigenvalue weighted by Gasteiger charge is 2.29. The van der Waals surface area contributed by atoms with Crippen LogP contribution in [0.5, 0.6) is 0 Å². The highest BCUT2D eigenvalue weighted by Crippen LogP contribution is 2.20. The Hall–Kier alpha value is -1.67. The van der Waals surface area contributed by atoms with Crippen LogP contribution >= 0.6 is 11.3 Å². The first-order valence-electron chi connectivity index (χ1n) is 6.75. The predicted molar refractivity (Wildman–Crippen MR) is 77.6 cm³/mol. The van der Waals surface area contributed by atoms with Gasteiger partial charge in [-0.3, -0.25) is 0 Å². The second-order valence-corrected chi connectivity index (χ2v) is 6.30. The molecule has 8 heteroatoms. The second-order valence-electron chi connectivity index (χ2n) is 5.41. The average Bonchev–Trinajstić information content (AvgIpc) is 2.88.